The van der Waals surface area contributed by atoms with Crippen molar-refractivity contribution in [1.82, 2.24) is 5.06 Å². The van der Waals surface area contributed by atoms with E-state index in [1.807, 2.05) is 51.2 Å². The molecule has 1 aliphatic rings. The molecular formula is C15H4Cl2I3NO4. The van der Waals surface area contributed by atoms with Crippen molar-refractivity contribution >= 4 is 109 Å². The van der Waals surface area contributed by atoms with Gasteiger partial charge in [0.2, 0.25) is 0 Å². The Balaban J connectivity index is 1.95. The fraction of sp³-hybridized carbons (Fsp3) is 0. The van der Waals surface area contributed by atoms with Crippen LogP contribution in [0.1, 0.15) is 31.1 Å². The average molecular weight is 714 g/mol. The number of amides is 2. The molecule has 10 heteroatoms. The first-order chi connectivity index (χ1) is 11.7. The summed E-state index contributed by atoms with van der Waals surface area (Å²) in [6.45, 7) is 0. The van der Waals surface area contributed by atoms with E-state index in [4.69, 9.17) is 28.0 Å². The third kappa shape index (κ3) is 3.51. The molecule has 128 valence electrons. The van der Waals surface area contributed by atoms with Crippen LogP contribution in [-0.4, -0.2) is 22.8 Å². The van der Waals surface area contributed by atoms with E-state index in [-0.39, 0.29) is 21.2 Å². The highest BCUT2D eigenvalue weighted by molar-refractivity contribution is 14.1. The number of benzene rings is 2. The zero-order valence-corrected chi connectivity index (χ0v) is 19.8. The van der Waals surface area contributed by atoms with Gasteiger partial charge in [-0.3, -0.25) is 9.59 Å². The minimum absolute atomic E-state index is 0.0410. The average Bonchev–Trinajstić information content (AvgIpc) is 2.77. The molecule has 0 aliphatic carbocycles. The van der Waals surface area contributed by atoms with Gasteiger partial charge in [-0.2, -0.15) is 0 Å². The largest absolute Gasteiger partial charge is 0.366 e. The summed E-state index contributed by atoms with van der Waals surface area (Å²) in [4.78, 5) is 42.4. The molecule has 3 rings (SSSR count). The molecule has 1 heterocycles. The second kappa shape index (κ2) is 7.44. The normalized spacial score (nSPS) is 13.2. The Hall–Kier alpha value is -0.180. The quantitative estimate of drug-likeness (QED) is 0.245. The lowest BCUT2D eigenvalue weighted by molar-refractivity contribution is -0.0586. The highest BCUT2D eigenvalue weighted by Gasteiger charge is 2.40. The molecule has 0 fully saturated rings. The van der Waals surface area contributed by atoms with E-state index in [2.05, 4.69) is 22.6 Å². The van der Waals surface area contributed by atoms with Gasteiger partial charge in [-0.15, -0.1) is 0 Å². The Morgan fingerprint density at radius 1 is 0.920 bits per heavy atom. The van der Waals surface area contributed by atoms with Crippen LogP contribution in [-0.2, 0) is 4.84 Å². The van der Waals surface area contributed by atoms with Crippen LogP contribution in [0.4, 0.5) is 0 Å². The third-order valence-electron chi connectivity index (χ3n) is 3.31. The van der Waals surface area contributed by atoms with Crippen molar-refractivity contribution in [2.75, 3.05) is 0 Å². The second-order valence-corrected chi connectivity index (χ2v) is 9.03. The number of imide groups is 1. The first-order valence-corrected chi connectivity index (χ1v) is 10.4. The summed E-state index contributed by atoms with van der Waals surface area (Å²) in [5.41, 5.74) is 0.374. The summed E-state index contributed by atoms with van der Waals surface area (Å²) < 4.78 is 2.18. The Labute approximate surface area is 192 Å². The van der Waals surface area contributed by atoms with Gasteiger partial charge in [-0.1, -0.05) is 28.3 Å². The summed E-state index contributed by atoms with van der Waals surface area (Å²) in [6, 6.07) is 6.18. The van der Waals surface area contributed by atoms with Gasteiger partial charge in [0.15, 0.2) is 0 Å². The number of fused-ring (bicyclic) bond motifs is 1. The smallest absolute Gasteiger partial charge is 0.324 e. The van der Waals surface area contributed by atoms with Crippen molar-refractivity contribution in [3.63, 3.8) is 0 Å². The van der Waals surface area contributed by atoms with E-state index < -0.39 is 17.8 Å². The monoisotopic (exact) mass is 713 g/mol. The molecule has 0 aromatic heterocycles. The molecule has 0 atom stereocenters. The van der Waals surface area contributed by atoms with Crippen LogP contribution in [0.5, 0.6) is 0 Å². The maximum Gasteiger partial charge on any atom is 0.366 e. The molecular weight excluding hydrogens is 710 g/mol. The number of halogens is 5. The van der Waals surface area contributed by atoms with Crippen molar-refractivity contribution in [1.29, 1.82) is 0 Å². The Morgan fingerprint density at radius 2 is 1.40 bits per heavy atom. The van der Waals surface area contributed by atoms with Crippen LogP contribution in [0.25, 0.3) is 0 Å². The predicted molar refractivity (Wildman–Crippen MR) is 117 cm³/mol. The van der Waals surface area contributed by atoms with Gasteiger partial charge in [-0.05, 0) is 92.0 Å². The lowest BCUT2D eigenvalue weighted by Crippen LogP contribution is -2.33. The van der Waals surface area contributed by atoms with E-state index in [1.54, 1.807) is 6.07 Å². The Bertz CT molecular complexity index is 923. The van der Waals surface area contributed by atoms with Crippen molar-refractivity contribution < 1.29 is 19.2 Å². The van der Waals surface area contributed by atoms with Crippen molar-refractivity contribution in [3.05, 3.63) is 61.7 Å². The predicted octanol–water partition coefficient (Wildman–Crippen LogP) is 5.18. The van der Waals surface area contributed by atoms with E-state index in [0.29, 0.717) is 17.8 Å². The van der Waals surface area contributed by atoms with Crippen molar-refractivity contribution in [3.8, 4) is 0 Å². The SMILES string of the molecule is O=C(ON1C(=O)c2cc(Cl)c(Cl)cc2C1=O)c1c(I)ccc(I)c1I. The highest BCUT2D eigenvalue weighted by atomic mass is 127. The molecule has 2 aromatic rings. The number of hydroxylamine groups is 2. The molecule has 5 nitrogen and oxygen atoms in total. The van der Waals surface area contributed by atoms with E-state index >= 15 is 0 Å². The van der Waals surface area contributed by atoms with Gasteiger partial charge >= 0.3 is 5.97 Å². The van der Waals surface area contributed by atoms with E-state index in [0.717, 1.165) is 3.57 Å². The van der Waals surface area contributed by atoms with Crippen molar-refractivity contribution in [2.24, 2.45) is 0 Å². The highest BCUT2D eigenvalue weighted by Crippen LogP contribution is 2.32. The number of carbonyl (C=O) groups excluding carboxylic acids is 3. The fourth-order valence-corrected chi connectivity index (χ4v) is 4.79. The Kier molecular flexibility index (Phi) is 5.83. The minimum atomic E-state index is -0.793. The zero-order chi connectivity index (χ0) is 18.5. The van der Waals surface area contributed by atoms with Crippen LogP contribution >= 0.6 is 91.0 Å². The summed E-state index contributed by atoms with van der Waals surface area (Å²) in [5.74, 6) is -2.32. The van der Waals surface area contributed by atoms with Crippen LogP contribution in [0, 0.1) is 10.7 Å². The number of carbonyl (C=O) groups is 3. The Morgan fingerprint density at radius 3 is 1.92 bits per heavy atom. The van der Waals surface area contributed by atoms with Gasteiger partial charge < -0.3 is 4.84 Å². The van der Waals surface area contributed by atoms with E-state index in [1.165, 1.54) is 12.1 Å². The van der Waals surface area contributed by atoms with Crippen LogP contribution in [0.3, 0.4) is 0 Å². The topological polar surface area (TPSA) is 63.7 Å². The number of nitrogens with zero attached hydrogens (tertiary/aromatic N) is 1. The second-order valence-electron chi connectivity index (χ2n) is 4.81. The lowest BCUT2D eigenvalue weighted by atomic mass is 10.1. The summed E-state index contributed by atoms with van der Waals surface area (Å²) in [7, 11) is 0. The molecule has 2 aromatic carbocycles. The van der Waals surface area contributed by atoms with E-state index in [9.17, 15) is 14.4 Å². The minimum Gasteiger partial charge on any atom is -0.324 e. The fourth-order valence-electron chi connectivity index (χ4n) is 2.14. The number of rotatable bonds is 2. The number of hydrogen-bond acceptors (Lipinski definition) is 4. The van der Waals surface area contributed by atoms with Crippen LogP contribution in [0.2, 0.25) is 10.0 Å². The standard InChI is InChI=1S/C15H4Cl2I3NO4/c16-7-3-5-6(4-8(7)17)14(23)21(13(5)22)25-15(24)11-9(18)1-2-10(19)12(11)20/h1-4H. The van der Waals surface area contributed by atoms with Gasteiger partial charge in [-0.25, -0.2) is 4.79 Å². The summed E-state index contributed by atoms with van der Waals surface area (Å²) >= 11 is 17.9. The summed E-state index contributed by atoms with van der Waals surface area (Å²) in [5, 5.41) is 0.707. The first-order valence-electron chi connectivity index (χ1n) is 6.46. The van der Waals surface area contributed by atoms with Crippen LogP contribution in [0.15, 0.2) is 24.3 Å². The molecule has 0 unspecified atom stereocenters. The molecule has 2 amide bonds. The first kappa shape index (κ1) is 19.6. The number of hydrogen-bond donors (Lipinski definition) is 0. The maximum atomic E-state index is 12.5. The molecule has 1 aliphatic heterocycles. The van der Waals surface area contributed by atoms with Gasteiger partial charge in [0.25, 0.3) is 11.8 Å². The molecule has 25 heavy (non-hydrogen) atoms. The van der Waals surface area contributed by atoms with Gasteiger partial charge in [0.1, 0.15) is 0 Å². The van der Waals surface area contributed by atoms with Gasteiger partial charge in [0.05, 0.1) is 26.7 Å². The molecule has 0 saturated heterocycles. The molecule has 0 spiro atoms. The molecule has 0 radical (unpaired) electrons. The maximum absolute atomic E-state index is 12.5. The van der Waals surface area contributed by atoms with Crippen molar-refractivity contribution in [2.45, 2.75) is 0 Å². The lowest BCUT2D eigenvalue weighted by Gasteiger charge is -2.14. The van der Waals surface area contributed by atoms with Crippen LogP contribution < -0.4 is 0 Å². The zero-order valence-electron chi connectivity index (χ0n) is 11.8. The summed E-state index contributed by atoms with van der Waals surface area (Å²) in [6.07, 6.45) is 0. The molecule has 0 N–H and O–H groups in total. The van der Waals surface area contributed by atoms with Gasteiger partial charge in [0, 0.05) is 10.7 Å². The third-order valence-corrected chi connectivity index (χ3v) is 7.99. The molecule has 0 saturated carbocycles. The molecule has 0 bridgehead atoms.